The molecule has 0 aliphatic carbocycles. The average molecular weight is 255 g/mol. The first-order valence-corrected chi connectivity index (χ1v) is 7.45. The Morgan fingerprint density at radius 2 is 2.00 bits per heavy atom. The van der Waals surface area contributed by atoms with Gasteiger partial charge >= 0.3 is 0 Å². The van der Waals surface area contributed by atoms with Crippen LogP contribution in [0.5, 0.6) is 0 Å². The normalized spacial score (nSPS) is 35.8. The maximum atomic E-state index is 6.15. The number of rotatable bonds is 4. The zero-order chi connectivity index (χ0) is 13.0. The third kappa shape index (κ3) is 3.05. The summed E-state index contributed by atoms with van der Waals surface area (Å²) >= 11 is 0. The van der Waals surface area contributed by atoms with Crippen LogP contribution in [0.2, 0.25) is 0 Å². The Morgan fingerprint density at radius 3 is 2.61 bits per heavy atom. The molecule has 0 aromatic carbocycles. The van der Waals surface area contributed by atoms with Crippen molar-refractivity contribution in [1.82, 2.24) is 9.80 Å². The van der Waals surface area contributed by atoms with E-state index in [-0.39, 0.29) is 5.54 Å². The minimum atomic E-state index is 0.208. The second-order valence-electron chi connectivity index (χ2n) is 5.95. The number of nitrogens with zero attached hydrogens (tertiary/aromatic N) is 2. The van der Waals surface area contributed by atoms with Crippen molar-refractivity contribution in [3.8, 4) is 0 Å². The first kappa shape index (κ1) is 14.3. The summed E-state index contributed by atoms with van der Waals surface area (Å²) in [7, 11) is 2.20. The smallest absolute Gasteiger partial charge is 0.0593 e. The topological polar surface area (TPSA) is 41.7 Å². The standard InChI is InChI=1S/C14H29N3O/c1-3-4-13-11-14(12-15,5-10-18-13)17-8-6-16(2)7-9-17/h13H,3-12,15H2,1-2H3. The van der Waals surface area contributed by atoms with Crippen LogP contribution < -0.4 is 5.73 Å². The number of nitrogens with two attached hydrogens (primary N) is 1. The molecule has 0 bridgehead atoms. The van der Waals surface area contributed by atoms with Crippen LogP contribution in [0, 0.1) is 0 Å². The lowest BCUT2D eigenvalue weighted by molar-refractivity contribution is -0.0827. The maximum Gasteiger partial charge on any atom is 0.0593 e. The number of ether oxygens (including phenoxy) is 1. The zero-order valence-electron chi connectivity index (χ0n) is 12.0. The SMILES string of the molecule is CCCC1CC(CN)(N2CCN(C)CC2)CCO1. The molecule has 4 nitrogen and oxygen atoms in total. The van der Waals surface area contributed by atoms with Gasteiger partial charge in [-0.15, -0.1) is 0 Å². The monoisotopic (exact) mass is 255 g/mol. The lowest BCUT2D eigenvalue weighted by atomic mass is 9.83. The molecule has 2 atom stereocenters. The van der Waals surface area contributed by atoms with Crippen LogP contribution in [0.15, 0.2) is 0 Å². The Kier molecular flexibility index (Phi) is 5.01. The molecule has 0 aromatic rings. The van der Waals surface area contributed by atoms with Gasteiger partial charge in [0.25, 0.3) is 0 Å². The number of hydrogen-bond acceptors (Lipinski definition) is 4. The molecule has 2 fully saturated rings. The molecule has 0 amide bonds. The summed E-state index contributed by atoms with van der Waals surface area (Å²) in [6, 6.07) is 0. The largest absolute Gasteiger partial charge is 0.378 e. The van der Waals surface area contributed by atoms with Gasteiger partial charge in [0.2, 0.25) is 0 Å². The summed E-state index contributed by atoms with van der Waals surface area (Å²) in [5.74, 6) is 0. The van der Waals surface area contributed by atoms with E-state index in [9.17, 15) is 0 Å². The number of likely N-dealkylation sites (N-methyl/N-ethyl adjacent to an activating group) is 1. The van der Waals surface area contributed by atoms with E-state index in [1.54, 1.807) is 0 Å². The predicted octanol–water partition coefficient (Wildman–Crippen LogP) is 0.910. The van der Waals surface area contributed by atoms with Crippen molar-refractivity contribution in [3.63, 3.8) is 0 Å². The summed E-state index contributed by atoms with van der Waals surface area (Å²) in [5, 5.41) is 0. The van der Waals surface area contributed by atoms with Gasteiger partial charge in [-0.05, 0) is 26.3 Å². The molecule has 2 heterocycles. The fourth-order valence-corrected chi connectivity index (χ4v) is 3.39. The van der Waals surface area contributed by atoms with E-state index in [1.165, 1.54) is 25.9 Å². The number of hydrogen-bond donors (Lipinski definition) is 1. The van der Waals surface area contributed by atoms with Gasteiger partial charge in [-0.2, -0.15) is 0 Å². The molecule has 2 saturated heterocycles. The Bertz CT molecular complexity index is 251. The van der Waals surface area contributed by atoms with Gasteiger partial charge in [0, 0.05) is 44.9 Å². The molecule has 2 aliphatic rings. The van der Waals surface area contributed by atoms with Gasteiger partial charge < -0.3 is 15.4 Å². The van der Waals surface area contributed by atoms with Crippen LogP contribution in [0.25, 0.3) is 0 Å². The molecule has 0 saturated carbocycles. The van der Waals surface area contributed by atoms with E-state index >= 15 is 0 Å². The van der Waals surface area contributed by atoms with E-state index in [1.807, 2.05) is 0 Å². The maximum absolute atomic E-state index is 6.15. The van der Waals surface area contributed by atoms with Crippen molar-refractivity contribution in [3.05, 3.63) is 0 Å². The van der Waals surface area contributed by atoms with Gasteiger partial charge in [-0.1, -0.05) is 13.3 Å². The molecule has 2 unspecified atom stereocenters. The summed E-state index contributed by atoms with van der Waals surface area (Å²) in [6.07, 6.45) is 5.03. The molecule has 2 rings (SSSR count). The van der Waals surface area contributed by atoms with Gasteiger partial charge in [0.05, 0.1) is 6.10 Å². The van der Waals surface area contributed by atoms with Gasteiger partial charge in [-0.3, -0.25) is 4.90 Å². The molecule has 4 heteroatoms. The third-order valence-corrected chi connectivity index (χ3v) is 4.69. The Balaban J connectivity index is 2.00. The lowest BCUT2D eigenvalue weighted by Crippen LogP contribution is -2.62. The van der Waals surface area contributed by atoms with Crippen molar-refractivity contribution in [2.75, 3.05) is 46.4 Å². The lowest BCUT2D eigenvalue weighted by Gasteiger charge is -2.50. The van der Waals surface area contributed by atoms with Crippen molar-refractivity contribution in [2.45, 2.75) is 44.2 Å². The molecular weight excluding hydrogens is 226 g/mol. The van der Waals surface area contributed by atoms with Crippen LogP contribution in [0.1, 0.15) is 32.6 Å². The van der Waals surface area contributed by atoms with E-state index in [4.69, 9.17) is 10.5 Å². The molecular formula is C14H29N3O. The Hall–Kier alpha value is -0.160. The van der Waals surface area contributed by atoms with Crippen LogP contribution in [0.4, 0.5) is 0 Å². The third-order valence-electron chi connectivity index (χ3n) is 4.69. The van der Waals surface area contributed by atoms with Gasteiger partial charge in [-0.25, -0.2) is 0 Å². The van der Waals surface area contributed by atoms with Crippen LogP contribution in [0.3, 0.4) is 0 Å². The zero-order valence-corrected chi connectivity index (χ0v) is 12.0. The van der Waals surface area contributed by atoms with Crippen molar-refractivity contribution in [2.24, 2.45) is 5.73 Å². The molecule has 0 aromatic heterocycles. The molecule has 0 radical (unpaired) electrons. The molecule has 0 spiro atoms. The summed E-state index contributed by atoms with van der Waals surface area (Å²) in [4.78, 5) is 5.04. The minimum Gasteiger partial charge on any atom is -0.378 e. The van der Waals surface area contributed by atoms with Crippen molar-refractivity contribution < 1.29 is 4.74 Å². The highest BCUT2D eigenvalue weighted by Crippen LogP contribution is 2.32. The molecule has 106 valence electrons. The second-order valence-corrected chi connectivity index (χ2v) is 5.95. The van der Waals surface area contributed by atoms with E-state index < -0.39 is 0 Å². The summed E-state index contributed by atoms with van der Waals surface area (Å²) in [6.45, 7) is 8.55. The van der Waals surface area contributed by atoms with Crippen LogP contribution >= 0.6 is 0 Å². The average Bonchev–Trinajstić information content (AvgIpc) is 2.40. The second kappa shape index (κ2) is 6.33. The van der Waals surface area contributed by atoms with Crippen molar-refractivity contribution >= 4 is 0 Å². The van der Waals surface area contributed by atoms with E-state index in [2.05, 4.69) is 23.8 Å². The summed E-state index contributed by atoms with van der Waals surface area (Å²) < 4.78 is 5.89. The minimum absolute atomic E-state index is 0.208. The molecule has 18 heavy (non-hydrogen) atoms. The van der Waals surface area contributed by atoms with E-state index in [0.717, 1.165) is 39.1 Å². The fraction of sp³-hybridized carbons (Fsp3) is 1.00. The fourth-order valence-electron chi connectivity index (χ4n) is 3.39. The van der Waals surface area contributed by atoms with Gasteiger partial charge in [0.1, 0.15) is 0 Å². The first-order valence-electron chi connectivity index (χ1n) is 7.45. The highest BCUT2D eigenvalue weighted by atomic mass is 16.5. The number of piperazine rings is 1. The van der Waals surface area contributed by atoms with Crippen LogP contribution in [-0.4, -0.2) is 67.8 Å². The molecule has 2 N–H and O–H groups in total. The summed E-state index contributed by atoms with van der Waals surface area (Å²) in [5.41, 5.74) is 6.36. The Labute approximate surface area is 111 Å². The molecule has 2 aliphatic heterocycles. The quantitative estimate of drug-likeness (QED) is 0.811. The highest BCUT2D eigenvalue weighted by molar-refractivity contribution is 4.97. The predicted molar refractivity (Wildman–Crippen MR) is 74.7 cm³/mol. The first-order chi connectivity index (χ1) is 8.70. The van der Waals surface area contributed by atoms with Crippen LogP contribution in [-0.2, 0) is 4.74 Å². The van der Waals surface area contributed by atoms with Crippen molar-refractivity contribution in [1.29, 1.82) is 0 Å². The van der Waals surface area contributed by atoms with Gasteiger partial charge in [0.15, 0.2) is 0 Å². The highest BCUT2D eigenvalue weighted by Gasteiger charge is 2.41. The Morgan fingerprint density at radius 1 is 1.28 bits per heavy atom. The van der Waals surface area contributed by atoms with E-state index in [0.29, 0.717) is 6.10 Å².